The van der Waals surface area contributed by atoms with E-state index in [-0.39, 0.29) is 11.5 Å². The van der Waals surface area contributed by atoms with Crippen molar-refractivity contribution in [3.8, 4) is 0 Å². The van der Waals surface area contributed by atoms with Gasteiger partial charge in [0.2, 0.25) is 11.6 Å². The third kappa shape index (κ3) is 9.23. The van der Waals surface area contributed by atoms with E-state index in [1.165, 1.54) is 21.6 Å². The Hall–Kier alpha value is -2.66. The molecule has 2 atom stereocenters. The first-order valence-electron chi connectivity index (χ1n) is 8.64. The number of aliphatic carboxylic acids is 2. The van der Waals surface area contributed by atoms with E-state index in [0.29, 0.717) is 11.1 Å². The molecule has 0 aliphatic rings. The van der Waals surface area contributed by atoms with Crippen LogP contribution in [0.1, 0.15) is 20.7 Å². The second kappa shape index (κ2) is 13.5. The zero-order chi connectivity index (χ0) is 22.5. The summed E-state index contributed by atoms with van der Waals surface area (Å²) in [5.41, 5.74) is 11.3. The fraction of sp³-hybridized carbons (Fsp3) is 0.200. The van der Waals surface area contributed by atoms with Crippen LogP contribution in [0.2, 0.25) is 0 Å². The van der Waals surface area contributed by atoms with Gasteiger partial charge in [0.1, 0.15) is 12.1 Å². The molecule has 2 unspecified atom stereocenters. The molecule has 0 radical (unpaired) electrons. The first-order chi connectivity index (χ1) is 14.2. The summed E-state index contributed by atoms with van der Waals surface area (Å²) in [6.45, 7) is 0. The lowest BCUT2D eigenvalue weighted by Gasteiger charge is -2.07. The van der Waals surface area contributed by atoms with Crippen LogP contribution in [-0.2, 0) is 9.59 Å². The summed E-state index contributed by atoms with van der Waals surface area (Å²) in [4.78, 5) is 44.1. The van der Waals surface area contributed by atoms with Crippen molar-refractivity contribution in [1.82, 2.24) is 0 Å². The molecular formula is C20H22N2O6S2. The summed E-state index contributed by atoms with van der Waals surface area (Å²) >= 11 is 0. The van der Waals surface area contributed by atoms with Gasteiger partial charge in [-0.05, 0) is 0 Å². The lowest BCUT2D eigenvalue weighted by atomic mass is 10.0. The predicted molar refractivity (Wildman–Crippen MR) is 118 cm³/mol. The molecule has 0 amide bonds. The number of carbonyl (C=O) groups excluding carboxylic acids is 2. The summed E-state index contributed by atoms with van der Waals surface area (Å²) < 4.78 is 0. The van der Waals surface area contributed by atoms with Crippen LogP contribution in [0, 0.1) is 0 Å². The van der Waals surface area contributed by atoms with Gasteiger partial charge in [0.05, 0.1) is 0 Å². The van der Waals surface area contributed by atoms with E-state index in [4.69, 9.17) is 21.7 Å². The predicted octanol–water partition coefficient (Wildman–Crippen LogP) is 1.94. The van der Waals surface area contributed by atoms with E-state index in [0.717, 1.165) is 0 Å². The maximum Gasteiger partial charge on any atom is 0.321 e. The Morgan fingerprint density at radius 3 is 1.23 bits per heavy atom. The number of carbonyl (C=O) groups is 4. The molecule has 0 aliphatic heterocycles. The molecule has 0 aliphatic carbocycles. The van der Waals surface area contributed by atoms with Gasteiger partial charge >= 0.3 is 11.9 Å². The number of nitrogens with two attached hydrogens (primary N) is 2. The highest BCUT2D eigenvalue weighted by Gasteiger charge is 2.17. The normalized spacial score (nSPS) is 12.1. The number of hydrogen-bond acceptors (Lipinski definition) is 8. The van der Waals surface area contributed by atoms with Crippen LogP contribution in [0.5, 0.6) is 0 Å². The lowest BCUT2D eigenvalue weighted by Crippen LogP contribution is -2.33. The van der Waals surface area contributed by atoms with Crippen molar-refractivity contribution in [2.75, 3.05) is 11.5 Å². The van der Waals surface area contributed by atoms with E-state index in [1.54, 1.807) is 48.5 Å². The van der Waals surface area contributed by atoms with Crippen molar-refractivity contribution in [3.05, 3.63) is 71.8 Å². The van der Waals surface area contributed by atoms with E-state index in [9.17, 15) is 19.2 Å². The summed E-state index contributed by atoms with van der Waals surface area (Å²) in [6, 6.07) is 15.3. The van der Waals surface area contributed by atoms with Gasteiger partial charge in [0.15, 0.2) is 0 Å². The van der Waals surface area contributed by atoms with Gasteiger partial charge in [0.25, 0.3) is 0 Å². The minimum Gasteiger partial charge on any atom is -0.480 e. The monoisotopic (exact) mass is 450 g/mol. The quantitative estimate of drug-likeness (QED) is 0.182. The SMILES string of the molecule is NC(CSSCC(N)C(=O)O)C(=O)O.O=C(C(=O)c1ccccc1)c1ccccc1. The van der Waals surface area contributed by atoms with Gasteiger partial charge in [-0.3, -0.25) is 19.2 Å². The zero-order valence-electron chi connectivity index (χ0n) is 15.8. The second-order valence-corrected chi connectivity index (χ2v) is 8.40. The molecule has 10 heteroatoms. The zero-order valence-corrected chi connectivity index (χ0v) is 17.5. The molecule has 0 saturated heterocycles. The number of Topliss-reactive ketones (excluding diaryl/α,β-unsaturated/α-hetero) is 2. The van der Waals surface area contributed by atoms with Gasteiger partial charge in [-0.15, -0.1) is 0 Å². The van der Waals surface area contributed by atoms with Crippen LogP contribution in [-0.4, -0.2) is 57.3 Å². The number of ketones is 2. The van der Waals surface area contributed by atoms with Gasteiger partial charge in [-0.25, -0.2) is 0 Å². The highest BCUT2D eigenvalue weighted by molar-refractivity contribution is 8.76. The van der Waals surface area contributed by atoms with E-state index in [2.05, 4.69) is 0 Å². The Kier molecular flexibility index (Phi) is 11.5. The van der Waals surface area contributed by atoms with E-state index >= 15 is 0 Å². The van der Waals surface area contributed by atoms with Crippen LogP contribution >= 0.6 is 21.6 Å². The number of carboxylic acids is 2. The Balaban J connectivity index is 0.000000304. The van der Waals surface area contributed by atoms with E-state index in [1.807, 2.05) is 12.1 Å². The summed E-state index contributed by atoms with van der Waals surface area (Å²) in [5.74, 6) is -2.61. The standard InChI is InChI=1S/C14H10O2.C6H12N2O4S2/c15-13(11-7-3-1-4-8-11)14(16)12-9-5-2-6-10-12;7-3(5(9)10)1-13-14-2-4(8)6(11)12/h1-10H;3-4H,1-2,7-8H2,(H,9,10)(H,11,12). The van der Waals surface area contributed by atoms with Gasteiger partial charge in [0, 0.05) is 22.6 Å². The smallest absolute Gasteiger partial charge is 0.321 e. The van der Waals surface area contributed by atoms with Crippen molar-refractivity contribution < 1.29 is 29.4 Å². The highest BCUT2D eigenvalue weighted by Crippen LogP contribution is 2.22. The van der Waals surface area contributed by atoms with Crippen LogP contribution in [0.25, 0.3) is 0 Å². The van der Waals surface area contributed by atoms with Crippen LogP contribution in [0.15, 0.2) is 60.7 Å². The molecule has 0 saturated carbocycles. The first kappa shape index (κ1) is 25.4. The van der Waals surface area contributed by atoms with Gasteiger partial charge in [-0.2, -0.15) is 0 Å². The molecule has 2 aromatic carbocycles. The van der Waals surface area contributed by atoms with Crippen molar-refractivity contribution >= 4 is 45.1 Å². The third-order valence-corrected chi connectivity index (χ3v) is 5.96. The fourth-order valence-corrected chi connectivity index (χ4v) is 4.05. The molecule has 2 rings (SSSR count). The fourth-order valence-electron chi connectivity index (χ4n) is 1.83. The Labute approximate surface area is 181 Å². The van der Waals surface area contributed by atoms with Crippen LogP contribution < -0.4 is 11.5 Å². The molecule has 6 N–H and O–H groups in total. The number of hydrogen-bond donors (Lipinski definition) is 4. The molecule has 8 nitrogen and oxygen atoms in total. The van der Waals surface area contributed by atoms with Crippen molar-refractivity contribution in [2.45, 2.75) is 12.1 Å². The number of carboxylic acid groups (broad SMARTS) is 2. The maximum atomic E-state index is 11.8. The molecule has 0 aromatic heterocycles. The van der Waals surface area contributed by atoms with Crippen molar-refractivity contribution in [2.24, 2.45) is 11.5 Å². The molecule has 160 valence electrons. The summed E-state index contributed by atoms with van der Waals surface area (Å²) in [5, 5.41) is 16.8. The molecular weight excluding hydrogens is 428 g/mol. The number of rotatable bonds is 10. The summed E-state index contributed by atoms with van der Waals surface area (Å²) in [6.07, 6.45) is 0. The molecule has 0 fully saturated rings. The number of benzene rings is 2. The molecule has 30 heavy (non-hydrogen) atoms. The second-order valence-electron chi connectivity index (χ2n) is 5.85. The molecule has 0 spiro atoms. The Morgan fingerprint density at radius 1 is 0.667 bits per heavy atom. The Bertz CT molecular complexity index is 777. The molecule has 0 heterocycles. The third-order valence-electron chi connectivity index (χ3n) is 3.49. The molecule has 2 aromatic rings. The average molecular weight is 451 g/mol. The van der Waals surface area contributed by atoms with Crippen LogP contribution in [0.3, 0.4) is 0 Å². The maximum absolute atomic E-state index is 11.8. The Morgan fingerprint density at radius 2 is 0.967 bits per heavy atom. The lowest BCUT2D eigenvalue weighted by molar-refractivity contribution is -0.138. The molecule has 0 bridgehead atoms. The van der Waals surface area contributed by atoms with Crippen molar-refractivity contribution in [3.63, 3.8) is 0 Å². The highest BCUT2D eigenvalue weighted by atomic mass is 33.1. The van der Waals surface area contributed by atoms with E-state index < -0.39 is 35.6 Å². The average Bonchev–Trinajstić information content (AvgIpc) is 2.76. The first-order valence-corrected chi connectivity index (χ1v) is 11.1. The topological polar surface area (TPSA) is 161 Å². The van der Waals surface area contributed by atoms with Crippen molar-refractivity contribution in [1.29, 1.82) is 0 Å². The largest absolute Gasteiger partial charge is 0.480 e. The van der Waals surface area contributed by atoms with Crippen LogP contribution in [0.4, 0.5) is 0 Å². The van der Waals surface area contributed by atoms with Gasteiger partial charge in [-0.1, -0.05) is 82.3 Å². The minimum absolute atomic E-state index is 0.229. The minimum atomic E-state index is -1.07. The van der Waals surface area contributed by atoms with Gasteiger partial charge < -0.3 is 21.7 Å². The summed E-state index contributed by atoms with van der Waals surface area (Å²) in [7, 11) is 2.41.